The van der Waals surface area contributed by atoms with E-state index in [1.165, 1.54) is 0 Å². The van der Waals surface area contributed by atoms with Crippen molar-refractivity contribution in [2.24, 2.45) is 0 Å². The van der Waals surface area contributed by atoms with Crippen LogP contribution in [-0.4, -0.2) is 22.3 Å². The first kappa shape index (κ1) is 12.6. The molecule has 0 saturated heterocycles. The molecule has 1 aromatic heterocycles. The number of hydrogen-bond acceptors (Lipinski definition) is 2. The third-order valence-electron chi connectivity index (χ3n) is 1.90. The molecule has 82 valence electrons. The Morgan fingerprint density at radius 1 is 1.67 bits per heavy atom. The Morgan fingerprint density at radius 3 is 3.00 bits per heavy atom. The summed E-state index contributed by atoms with van der Waals surface area (Å²) in [6.45, 7) is 2.67. The zero-order valence-corrected chi connectivity index (χ0v) is 11.5. The Hall–Kier alpha value is -0.420. The van der Waals surface area contributed by atoms with Crippen LogP contribution in [0.25, 0.3) is 0 Å². The Balaban J connectivity index is 2.58. The molecular formula is C10H12Br2N2O. The van der Waals surface area contributed by atoms with Gasteiger partial charge in [0.1, 0.15) is 5.69 Å². The minimum absolute atomic E-state index is 0.152. The van der Waals surface area contributed by atoms with Crippen LogP contribution in [0.3, 0.4) is 0 Å². The van der Waals surface area contributed by atoms with Gasteiger partial charge in [-0.05, 0) is 34.5 Å². The average molecular weight is 336 g/mol. The highest BCUT2D eigenvalue weighted by Gasteiger charge is 2.11. The van der Waals surface area contributed by atoms with Crippen molar-refractivity contribution < 1.29 is 4.79 Å². The molecule has 15 heavy (non-hydrogen) atoms. The number of halogens is 2. The normalized spacial score (nSPS) is 12.2. The topological polar surface area (TPSA) is 42.0 Å². The Bertz CT molecular complexity index is 344. The second-order valence-electron chi connectivity index (χ2n) is 3.05. The van der Waals surface area contributed by atoms with Crippen molar-refractivity contribution in [3.8, 4) is 0 Å². The van der Waals surface area contributed by atoms with Crippen molar-refractivity contribution in [3.05, 3.63) is 28.5 Å². The van der Waals surface area contributed by atoms with Gasteiger partial charge in [0, 0.05) is 22.0 Å². The number of alkyl halides is 1. The Labute approximate surface area is 106 Å². The number of carbonyl (C=O) groups is 1. The zero-order chi connectivity index (χ0) is 11.3. The number of hydrogen-bond donors (Lipinski definition) is 1. The van der Waals surface area contributed by atoms with E-state index in [9.17, 15) is 4.79 Å². The summed E-state index contributed by atoms with van der Waals surface area (Å²) in [6, 6.07) is 3.58. The van der Waals surface area contributed by atoms with Crippen LogP contribution in [0.15, 0.2) is 22.8 Å². The van der Waals surface area contributed by atoms with Crippen LogP contribution in [0.2, 0.25) is 0 Å². The molecule has 0 saturated carbocycles. The van der Waals surface area contributed by atoms with Crippen molar-refractivity contribution in [2.75, 3.05) is 6.54 Å². The minimum atomic E-state index is -0.152. The molecule has 1 heterocycles. The molecule has 1 unspecified atom stereocenters. The summed E-state index contributed by atoms with van der Waals surface area (Å²) in [5, 5.41) is 2.81. The van der Waals surface area contributed by atoms with Crippen molar-refractivity contribution >= 4 is 37.8 Å². The maximum atomic E-state index is 11.7. The van der Waals surface area contributed by atoms with Gasteiger partial charge in [0.05, 0.1) is 0 Å². The molecule has 1 N–H and O–H groups in total. The van der Waals surface area contributed by atoms with Crippen molar-refractivity contribution in [1.82, 2.24) is 10.3 Å². The first-order chi connectivity index (χ1) is 7.15. The van der Waals surface area contributed by atoms with Gasteiger partial charge in [-0.1, -0.05) is 22.9 Å². The third-order valence-corrected chi connectivity index (χ3v) is 3.51. The molecule has 1 aromatic rings. The lowest BCUT2D eigenvalue weighted by Crippen LogP contribution is -2.30. The monoisotopic (exact) mass is 334 g/mol. The molecule has 5 heteroatoms. The Morgan fingerprint density at radius 2 is 2.40 bits per heavy atom. The molecule has 0 bridgehead atoms. The average Bonchev–Trinajstić information content (AvgIpc) is 2.26. The predicted molar refractivity (Wildman–Crippen MR) is 67.3 cm³/mol. The number of carbonyl (C=O) groups excluding carboxylic acids is 1. The lowest BCUT2D eigenvalue weighted by molar-refractivity contribution is 0.0948. The molecule has 1 rings (SSSR count). The van der Waals surface area contributed by atoms with Gasteiger partial charge >= 0.3 is 0 Å². The van der Waals surface area contributed by atoms with Gasteiger partial charge in [0.2, 0.25) is 0 Å². The van der Waals surface area contributed by atoms with Gasteiger partial charge < -0.3 is 5.32 Å². The third kappa shape index (κ3) is 3.91. The van der Waals surface area contributed by atoms with E-state index in [1.54, 1.807) is 18.3 Å². The highest BCUT2D eigenvalue weighted by Crippen LogP contribution is 2.13. The van der Waals surface area contributed by atoms with Gasteiger partial charge in [-0.2, -0.15) is 0 Å². The molecule has 0 spiro atoms. The fraction of sp³-hybridized carbons (Fsp3) is 0.400. The summed E-state index contributed by atoms with van der Waals surface area (Å²) >= 11 is 6.74. The van der Waals surface area contributed by atoms with E-state index in [2.05, 4.69) is 49.1 Å². The van der Waals surface area contributed by atoms with Gasteiger partial charge in [-0.3, -0.25) is 4.79 Å². The molecule has 3 nitrogen and oxygen atoms in total. The first-order valence-corrected chi connectivity index (χ1v) is 6.38. The molecule has 0 fully saturated rings. The fourth-order valence-corrected chi connectivity index (χ4v) is 1.58. The van der Waals surface area contributed by atoms with Crippen LogP contribution in [0.1, 0.15) is 23.8 Å². The minimum Gasteiger partial charge on any atom is -0.350 e. The molecule has 0 aliphatic carbocycles. The number of rotatable bonds is 4. The predicted octanol–water partition coefficient (Wildman–Crippen LogP) is 2.75. The molecule has 0 aliphatic rings. The summed E-state index contributed by atoms with van der Waals surface area (Å²) in [5.41, 5.74) is 0.424. The second kappa shape index (κ2) is 6.23. The highest BCUT2D eigenvalue weighted by atomic mass is 79.9. The van der Waals surface area contributed by atoms with Gasteiger partial charge in [0.15, 0.2) is 0 Å². The standard InChI is InChI=1S/C10H12Br2N2O/c1-2-7(11)6-14-10(15)9-8(12)4-3-5-13-9/h3-5,7H,2,6H2,1H3,(H,14,15). The van der Waals surface area contributed by atoms with E-state index >= 15 is 0 Å². The van der Waals surface area contributed by atoms with Gasteiger partial charge in [0.25, 0.3) is 5.91 Å². The van der Waals surface area contributed by atoms with E-state index in [0.29, 0.717) is 21.5 Å². The van der Waals surface area contributed by atoms with Gasteiger partial charge in [-0.15, -0.1) is 0 Å². The van der Waals surface area contributed by atoms with E-state index in [-0.39, 0.29) is 5.91 Å². The summed E-state index contributed by atoms with van der Waals surface area (Å²) < 4.78 is 0.713. The maximum absolute atomic E-state index is 11.7. The van der Waals surface area contributed by atoms with Crippen LogP contribution in [0.4, 0.5) is 0 Å². The van der Waals surface area contributed by atoms with Crippen molar-refractivity contribution in [3.63, 3.8) is 0 Å². The highest BCUT2D eigenvalue weighted by molar-refractivity contribution is 9.10. The lowest BCUT2D eigenvalue weighted by Gasteiger charge is -2.08. The Kier molecular flexibility index (Phi) is 5.25. The fourth-order valence-electron chi connectivity index (χ4n) is 0.984. The van der Waals surface area contributed by atoms with Crippen LogP contribution in [0, 0.1) is 0 Å². The molecule has 0 radical (unpaired) electrons. The molecule has 1 atom stereocenters. The maximum Gasteiger partial charge on any atom is 0.271 e. The van der Waals surface area contributed by atoms with Crippen LogP contribution >= 0.6 is 31.9 Å². The van der Waals surface area contributed by atoms with E-state index in [4.69, 9.17) is 0 Å². The number of nitrogens with zero attached hydrogens (tertiary/aromatic N) is 1. The van der Waals surface area contributed by atoms with Crippen LogP contribution in [0.5, 0.6) is 0 Å². The number of pyridine rings is 1. The summed E-state index contributed by atoms with van der Waals surface area (Å²) in [5.74, 6) is -0.152. The van der Waals surface area contributed by atoms with E-state index in [0.717, 1.165) is 6.42 Å². The molecule has 1 amide bonds. The quantitative estimate of drug-likeness (QED) is 0.860. The second-order valence-corrected chi connectivity index (χ2v) is 5.20. The largest absolute Gasteiger partial charge is 0.350 e. The summed E-state index contributed by atoms with van der Waals surface area (Å²) in [6.07, 6.45) is 2.58. The molecule has 0 aromatic carbocycles. The van der Waals surface area contributed by atoms with E-state index < -0.39 is 0 Å². The summed E-state index contributed by atoms with van der Waals surface area (Å²) in [4.78, 5) is 16.0. The molecular weight excluding hydrogens is 324 g/mol. The van der Waals surface area contributed by atoms with Crippen molar-refractivity contribution in [2.45, 2.75) is 18.2 Å². The SMILES string of the molecule is CCC(Br)CNC(=O)c1ncccc1Br. The van der Waals surface area contributed by atoms with Crippen LogP contribution in [-0.2, 0) is 0 Å². The zero-order valence-electron chi connectivity index (χ0n) is 8.34. The number of aromatic nitrogens is 1. The summed E-state index contributed by atoms with van der Waals surface area (Å²) in [7, 11) is 0. The molecule has 0 aliphatic heterocycles. The van der Waals surface area contributed by atoms with Crippen molar-refractivity contribution in [1.29, 1.82) is 0 Å². The smallest absolute Gasteiger partial charge is 0.271 e. The van der Waals surface area contributed by atoms with Gasteiger partial charge in [-0.25, -0.2) is 4.98 Å². The first-order valence-electron chi connectivity index (χ1n) is 4.68. The number of amides is 1. The lowest BCUT2D eigenvalue weighted by atomic mass is 10.3. The van der Waals surface area contributed by atoms with Crippen LogP contribution < -0.4 is 5.32 Å². The number of nitrogens with one attached hydrogen (secondary N) is 1. The van der Waals surface area contributed by atoms with E-state index in [1.807, 2.05) is 0 Å².